The Hall–Kier alpha value is -4.17. The van der Waals surface area contributed by atoms with E-state index in [9.17, 15) is 52.7 Å². The molecular formula is C43H24BCl4F16IO4. The molecule has 6 aromatic rings. The fourth-order valence-electron chi connectivity index (χ4n) is 6.78. The van der Waals surface area contributed by atoms with Gasteiger partial charge in [-0.05, 0) is 24.3 Å². The van der Waals surface area contributed by atoms with E-state index in [0.717, 1.165) is 5.75 Å². The Labute approximate surface area is 410 Å². The fourth-order valence-corrected chi connectivity index (χ4v) is 10.5. The second kappa shape index (κ2) is 23.8. The molecule has 0 aliphatic heterocycles. The molecule has 69 heavy (non-hydrogen) atoms. The molecule has 0 amide bonds. The molecule has 0 radical (unpaired) electrons. The predicted octanol–water partition coefficient (Wildman–Crippen LogP) is 7.78. The number of benzene rings is 6. The Bertz CT molecular complexity index is 2490. The summed E-state index contributed by atoms with van der Waals surface area (Å²) in [4.78, 5) is 0. The maximum absolute atomic E-state index is 15.8. The summed E-state index contributed by atoms with van der Waals surface area (Å²) in [5, 5.41) is -9.69. The van der Waals surface area contributed by atoms with Gasteiger partial charge in [-0.2, -0.15) is 0 Å². The van der Waals surface area contributed by atoms with Gasteiger partial charge in [0.1, 0.15) is 36.0 Å². The second-order valence-corrected chi connectivity index (χ2v) is 18.1. The summed E-state index contributed by atoms with van der Waals surface area (Å²) in [6.45, 7) is 3.49. The van der Waals surface area contributed by atoms with Crippen LogP contribution in [0.2, 0.25) is 20.1 Å². The van der Waals surface area contributed by atoms with Gasteiger partial charge in [0, 0.05) is 27.2 Å². The van der Waals surface area contributed by atoms with Crippen molar-refractivity contribution in [1.29, 1.82) is 0 Å². The molecule has 0 fully saturated rings. The van der Waals surface area contributed by atoms with Gasteiger partial charge in [-0.3, -0.25) is 0 Å². The minimum absolute atomic E-state index is 0.229. The number of hydrogen-bond acceptors (Lipinski definition) is 4. The first kappa shape index (κ1) is 55.8. The van der Waals surface area contributed by atoms with Crippen molar-refractivity contribution in [2.45, 2.75) is 0 Å². The van der Waals surface area contributed by atoms with Crippen molar-refractivity contribution < 1.29 is 110 Å². The Morgan fingerprint density at radius 3 is 1.04 bits per heavy atom. The van der Waals surface area contributed by atoms with Crippen LogP contribution in [0.4, 0.5) is 70.2 Å². The lowest BCUT2D eigenvalue weighted by Crippen LogP contribution is -3.61. The quantitative estimate of drug-likeness (QED) is 0.0248. The molecule has 0 bridgehead atoms. The van der Waals surface area contributed by atoms with Crippen molar-refractivity contribution in [3.8, 4) is 5.75 Å². The topological polar surface area (TPSA) is 36.9 Å². The molecule has 370 valence electrons. The standard InChI is InChI=1S/C24BCl4F16.C19H24IO4/c26-5-1(9(30)17(38)21(42)13(5)34)25(2-6(27)14(35)22(43)18(39)10(2)31,3-7(28)15(36)23(44)19(40)11(3)32)4-8(29)16(37)24(45)20(41)12(4)33;1-21-11-12-22-13-14-23-15-16-24-19-10-6-5-9-18(19)20-17-7-3-2-4-8-17/h;2-10H,11-16H2,1H3/q-1;+1. The van der Waals surface area contributed by atoms with Crippen LogP contribution in [0.1, 0.15) is 0 Å². The summed E-state index contributed by atoms with van der Waals surface area (Å²) < 4.78 is 262. The maximum Gasteiger partial charge on any atom is 0.362 e. The summed E-state index contributed by atoms with van der Waals surface area (Å²) in [5.41, 5.74) is -10.7. The van der Waals surface area contributed by atoms with Crippen LogP contribution in [0, 0.1) is 100 Å². The van der Waals surface area contributed by atoms with Gasteiger partial charge in [0.2, 0.25) is 3.57 Å². The Kier molecular flexibility index (Phi) is 19.3. The van der Waals surface area contributed by atoms with E-state index in [1.54, 1.807) is 7.11 Å². The highest BCUT2D eigenvalue weighted by Gasteiger charge is 2.51. The zero-order valence-corrected chi connectivity index (χ0v) is 39.3. The van der Waals surface area contributed by atoms with Gasteiger partial charge in [0.25, 0.3) is 0 Å². The largest absolute Gasteiger partial charge is 0.486 e. The van der Waals surface area contributed by atoms with Crippen LogP contribution in [-0.2, 0) is 14.2 Å². The average molecular weight is 1190 g/mol. The molecule has 0 aliphatic rings. The normalized spacial score (nSPS) is 11.6. The van der Waals surface area contributed by atoms with E-state index in [4.69, 9.17) is 65.4 Å². The number of ether oxygens (including phenoxy) is 4. The third-order valence-electron chi connectivity index (χ3n) is 9.78. The molecule has 0 N–H and O–H groups in total. The SMILES string of the molecule is COCCOCCOCCOc1ccccc1[I+]c1ccccc1.Fc1c(F)c(F)c([B-](c2c(F)c(F)c(F)c(F)c2Cl)(c2c(F)c(F)c(F)c(F)c2Cl)c2c(F)c(F)c(F)c(F)c2Cl)c(Cl)c1F. The highest BCUT2D eigenvalue weighted by Crippen LogP contribution is 2.36. The molecule has 0 aromatic heterocycles. The average Bonchev–Trinajstić information content (AvgIpc) is 3.34. The van der Waals surface area contributed by atoms with Crippen LogP contribution in [0.3, 0.4) is 0 Å². The summed E-state index contributed by atoms with van der Waals surface area (Å²) in [6, 6.07) is 18.8. The van der Waals surface area contributed by atoms with Gasteiger partial charge in [0.15, 0.2) is 79.1 Å². The highest BCUT2D eigenvalue weighted by atomic mass is 127. The van der Waals surface area contributed by atoms with Gasteiger partial charge >= 0.3 is 21.2 Å². The molecule has 6 rings (SSSR count). The van der Waals surface area contributed by atoms with Crippen molar-refractivity contribution in [2.75, 3.05) is 46.8 Å². The van der Waals surface area contributed by atoms with Crippen LogP contribution in [0.5, 0.6) is 5.75 Å². The van der Waals surface area contributed by atoms with E-state index in [-0.39, 0.29) is 21.2 Å². The fraction of sp³-hybridized carbons (Fsp3) is 0.163. The molecule has 0 aliphatic carbocycles. The van der Waals surface area contributed by atoms with Crippen molar-refractivity contribution in [3.05, 3.63) is 175 Å². The maximum atomic E-state index is 15.8. The number of rotatable bonds is 16. The first-order valence-electron chi connectivity index (χ1n) is 18.9. The van der Waals surface area contributed by atoms with Crippen LogP contribution in [0.15, 0.2) is 54.6 Å². The van der Waals surface area contributed by atoms with Crippen molar-refractivity contribution in [3.63, 3.8) is 0 Å². The first-order valence-corrected chi connectivity index (χ1v) is 22.6. The number of para-hydroxylation sites is 1. The lowest BCUT2D eigenvalue weighted by molar-refractivity contribution is -0.598. The lowest BCUT2D eigenvalue weighted by atomic mass is 9.12. The van der Waals surface area contributed by atoms with Crippen LogP contribution >= 0.6 is 46.4 Å². The van der Waals surface area contributed by atoms with Crippen molar-refractivity contribution in [1.82, 2.24) is 0 Å². The van der Waals surface area contributed by atoms with E-state index in [1.165, 1.54) is 7.14 Å². The van der Waals surface area contributed by atoms with Crippen LogP contribution in [0.25, 0.3) is 0 Å². The van der Waals surface area contributed by atoms with E-state index in [1.807, 2.05) is 18.2 Å². The summed E-state index contributed by atoms with van der Waals surface area (Å²) in [6.07, 6.45) is -6.24. The molecule has 6 aromatic carbocycles. The smallest absolute Gasteiger partial charge is 0.362 e. The van der Waals surface area contributed by atoms with Gasteiger partial charge < -0.3 is 18.9 Å². The Morgan fingerprint density at radius 2 is 0.681 bits per heavy atom. The molecular weight excluding hydrogens is 1160 g/mol. The van der Waals surface area contributed by atoms with Gasteiger partial charge in [-0.15, -0.1) is 21.9 Å². The molecule has 4 nitrogen and oxygen atoms in total. The van der Waals surface area contributed by atoms with Gasteiger partial charge in [0.05, 0.1) is 33.0 Å². The van der Waals surface area contributed by atoms with Crippen molar-refractivity contribution >= 4 is 74.4 Å². The second-order valence-electron chi connectivity index (χ2n) is 13.7. The number of methoxy groups -OCH3 is 1. The third kappa shape index (κ3) is 10.9. The number of halogens is 21. The minimum atomic E-state index is -6.24. The lowest BCUT2D eigenvalue weighted by Gasteiger charge is -2.46. The van der Waals surface area contributed by atoms with Crippen LogP contribution in [-0.4, -0.2) is 52.9 Å². The third-order valence-corrected chi connectivity index (χ3v) is 14.1. The zero-order valence-electron chi connectivity index (χ0n) is 34.1. The number of hydrogen-bond donors (Lipinski definition) is 0. The minimum Gasteiger partial charge on any atom is -0.486 e. The summed E-state index contributed by atoms with van der Waals surface area (Å²) in [7, 11) is 1.66. The molecule has 0 atom stereocenters. The molecule has 0 spiro atoms. The van der Waals surface area contributed by atoms with Gasteiger partial charge in [-0.25, -0.2) is 70.2 Å². The molecule has 0 unspecified atom stereocenters. The predicted molar refractivity (Wildman–Crippen MR) is 219 cm³/mol. The zero-order chi connectivity index (χ0) is 51.2. The van der Waals surface area contributed by atoms with E-state index in [0.29, 0.717) is 39.6 Å². The Morgan fingerprint density at radius 1 is 0.377 bits per heavy atom. The molecule has 0 saturated heterocycles. The highest BCUT2D eigenvalue weighted by molar-refractivity contribution is 7.22. The van der Waals surface area contributed by atoms with Crippen LogP contribution < -0.4 is 47.8 Å². The van der Waals surface area contributed by atoms with Gasteiger partial charge in [-0.1, -0.05) is 76.7 Å². The molecule has 0 heterocycles. The van der Waals surface area contributed by atoms with Crippen molar-refractivity contribution in [2.24, 2.45) is 0 Å². The molecule has 26 heteroatoms. The summed E-state index contributed by atoms with van der Waals surface area (Å²) >= 11 is 22.0. The Balaban J connectivity index is 0.000000311. The first-order chi connectivity index (χ1) is 32.6. The molecule has 0 saturated carbocycles. The summed E-state index contributed by atoms with van der Waals surface area (Å²) in [5.74, 6) is -47.3. The van der Waals surface area contributed by atoms with E-state index < -0.39 is 141 Å². The monoisotopic (exact) mass is 1190 g/mol. The van der Waals surface area contributed by atoms with E-state index in [2.05, 4.69) is 36.4 Å². The van der Waals surface area contributed by atoms with E-state index >= 15 is 17.6 Å².